The number of benzene rings is 1. The molecule has 3 aromatic rings. The van der Waals surface area contributed by atoms with Gasteiger partial charge in [-0.1, -0.05) is 29.2 Å². The van der Waals surface area contributed by atoms with Crippen LogP contribution < -0.4 is 10.6 Å². The lowest BCUT2D eigenvalue weighted by Crippen LogP contribution is -2.14. The van der Waals surface area contributed by atoms with Crippen LogP contribution in [0.1, 0.15) is 27.0 Å². The number of thioether (sulfide) groups is 1. The summed E-state index contributed by atoms with van der Waals surface area (Å²) < 4.78 is 0.582. The van der Waals surface area contributed by atoms with E-state index in [2.05, 4.69) is 20.8 Å². The van der Waals surface area contributed by atoms with Crippen LogP contribution in [0.25, 0.3) is 0 Å². The summed E-state index contributed by atoms with van der Waals surface area (Å²) in [5, 5.41) is 15.5. The van der Waals surface area contributed by atoms with Crippen molar-refractivity contribution >= 4 is 62.9 Å². The fourth-order valence-electron chi connectivity index (χ4n) is 2.00. The summed E-state index contributed by atoms with van der Waals surface area (Å²) in [6.07, 6.45) is 0. The largest absolute Gasteiger partial charge is 0.325 e. The van der Waals surface area contributed by atoms with Crippen LogP contribution in [-0.2, 0) is 4.79 Å². The predicted octanol–water partition coefficient (Wildman–Crippen LogP) is 3.79. The van der Waals surface area contributed by atoms with Gasteiger partial charge in [-0.05, 0) is 42.6 Å². The second-order valence-electron chi connectivity index (χ2n) is 5.27. The first-order chi connectivity index (χ1) is 13.0. The number of aromatic nitrogens is 2. The standard InChI is InChI=1S/C17H14N4O3S3/c1-10(22)11-4-6-12(7-5-11)18-14(23)9-26-17-21-20-16(27-17)19-15(24)13-3-2-8-25-13/h2-8H,9H2,1H3,(H,18,23)(H,19,20,24). The molecule has 0 bridgehead atoms. The van der Waals surface area contributed by atoms with Crippen molar-refractivity contribution in [2.24, 2.45) is 0 Å². The Bertz CT molecular complexity index is 952. The van der Waals surface area contributed by atoms with E-state index < -0.39 is 0 Å². The Kier molecular flexibility index (Phi) is 6.32. The van der Waals surface area contributed by atoms with Crippen LogP contribution >= 0.6 is 34.4 Å². The number of hydrogen-bond donors (Lipinski definition) is 2. The van der Waals surface area contributed by atoms with Crippen molar-refractivity contribution in [3.8, 4) is 0 Å². The summed E-state index contributed by atoms with van der Waals surface area (Å²) in [5.41, 5.74) is 1.21. The number of thiophene rings is 1. The van der Waals surface area contributed by atoms with E-state index in [4.69, 9.17) is 0 Å². The molecule has 0 aliphatic rings. The highest BCUT2D eigenvalue weighted by Gasteiger charge is 2.12. The molecule has 0 unspecified atom stereocenters. The molecule has 2 N–H and O–H groups in total. The van der Waals surface area contributed by atoms with Gasteiger partial charge in [-0.2, -0.15) is 0 Å². The zero-order chi connectivity index (χ0) is 19.2. The summed E-state index contributed by atoms with van der Waals surface area (Å²) in [5.74, 6) is -0.303. The number of carbonyl (C=O) groups is 3. The number of hydrogen-bond acceptors (Lipinski definition) is 8. The molecule has 2 aromatic heterocycles. The van der Waals surface area contributed by atoms with Crippen molar-refractivity contribution in [3.05, 3.63) is 52.2 Å². The summed E-state index contributed by atoms with van der Waals surface area (Å²) in [6, 6.07) is 10.2. The van der Waals surface area contributed by atoms with Gasteiger partial charge < -0.3 is 5.32 Å². The maximum atomic E-state index is 12.0. The molecule has 27 heavy (non-hydrogen) atoms. The first-order valence-corrected chi connectivity index (χ1v) is 10.4. The number of nitrogens with one attached hydrogen (secondary N) is 2. The van der Waals surface area contributed by atoms with E-state index in [1.165, 1.54) is 41.4 Å². The van der Waals surface area contributed by atoms with Gasteiger partial charge in [0.05, 0.1) is 10.6 Å². The number of amides is 2. The predicted molar refractivity (Wildman–Crippen MR) is 108 cm³/mol. The third-order valence-corrected chi connectivity index (χ3v) is 6.11. The summed E-state index contributed by atoms with van der Waals surface area (Å²) >= 11 is 3.78. The minimum absolute atomic E-state index is 0.0262. The van der Waals surface area contributed by atoms with Gasteiger partial charge in [-0.25, -0.2) is 0 Å². The first-order valence-electron chi connectivity index (χ1n) is 7.73. The Labute approximate surface area is 167 Å². The van der Waals surface area contributed by atoms with Crippen LogP contribution in [0.3, 0.4) is 0 Å². The Balaban J connectivity index is 1.48. The molecule has 0 aliphatic heterocycles. The number of carbonyl (C=O) groups excluding carboxylic acids is 3. The summed E-state index contributed by atoms with van der Waals surface area (Å²) in [7, 11) is 0. The maximum Gasteiger partial charge on any atom is 0.267 e. The third-order valence-electron chi connectivity index (χ3n) is 3.27. The molecule has 0 spiro atoms. The molecule has 0 fully saturated rings. The molecule has 0 aliphatic carbocycles. The van der Waals surface area contributed by atoms with Gasteiger partial charge in [0.1, 0.15) is 0 Å². The Morgan fingerprint density at radius 2 is 1.85 bits per heavy atom. The number of Topliss-reactive ketones (excluding diaryl/α,β-unsaturated/α-hetero) is 1. The number of nitrogens with zero attached hydrogens (tertiary/aromatic N) is 2. The van der Waals surface area contributed by atoms with E-state index in [1.807, 2.05) is 5.38 Å². The number of ketones is 1. The smallest absolute Gasteiger partial charge is 0.267 e. The van der Waals surface area contributed by atoms with Crippen molar-refractivity contribution < 1.29 is 14.4 Å². The van der Waals surface area contributed by atoms with Gasteiger partial charge in [-0.3, -0.25) is 19.7 Å². The molecule has 1 aromatic carbocycles. The van der Waals surface area contributed by atoms with Crippen LogP contribution in [0.2, 0.25) is 0 Å². The van der Waals surface area contributed by atoms with E-state index in [0.717, 1.165) is 0 Å². The average Bonchev–Trinajstić information content (AvgIpc) is 3.32. The minimum Gasteiger partial charge on any atom is -0.325 e. The normalized spacial score (nSPS) is 10.4. The fourth-order valence-corrected chi connectivity index (χ4v) is 4.16. The van der Waals surface area contributed by atoms with Crippen LogP contribution in [-0.4, -0.2) is 33.5 Å². The van der Waals surface area contributed by atoms with Crippen molar-refractivity contribution in [2.75, 3.05) is 16.4 Å². The van der Waals surface area contributed by atoms with Gasteiger partial charge in [0.2, 0.25) is 11.0 Å². The number of anilines is 2. The van der Waals surface area contributed by atoms with E-state index in [-0.39, 0.29) is 23.4 Å². The second-order valence-corrected chi connectivity index (χ2v) is 8.42. The van der Waals surface area contributed by atoms with Gasteiger partial charge in [0.15, 0.2) is 10.1 Å². The van der Waals surface area contributed by atoms with Crippen molar-refractivity contribution in [3.63, 3.8) is 0 Å². The molecule has 0 atom stereocenters. The van der Waals surface area contributed by atoms with Crippen molar-refractivity contribution in [1.82, 2.24) is 10.2 Å². The van der Waals surface area contributed by atoms with E-state index in [9.17, 15) is 14.4 Å². The van der Waals surface area contributed by atoms with Gasteiger partial charge in [0, 0.05) is 11.3 Å². The molecule has 3 rings (SSSR count). The highest BCUT2D eigenvalue weighted by Crippen LogP contribution is 2.26. The highest BCUT2D eigenvalue weighted by molar-refractivity contribution is 8.01. The van der Waals surface area contributed by atoms with Gasteiger partial charge >= 0.3 is 0 Å². The third kappa shape index (κ3) is 5.46. The molecule has 2 heterocycles. The van der Waals surface area contributed by atoms with Gasteiger partial charge in [-0.15, -0.1) is 21.5 Å². The lowest BCUT2D eigenvalue weighted by molar-refractivity contribution is -0.113. The second kappa shape index (κ2) is 8.89. The Morgan fingerprint density at radius 3 is 2.52 bits per heavy atom. The quantitative estimate of drug-likeness (QED) is 0.344. The molecule has 10 heteroatoms. The van der Waals surface area contributed by atoms with E-state index in [0.29, 0.717) is 25.6 Å². The molecule has 0 radical (unpaired) electrons. The SMILES string of the molecule is CC(=O)c1ccc(NC(=O)CSc2nnc(NC(=O)c3cccs3)s2)cc1. The number of rotatable bonds is 7. The monoisotopic (exact) mass is 418 g/mol. The first kappa shape index (κ1) is 19.2. The summed E-state index contributed by atoms with van der Waals surface area (Å²) in [6.45, 7) is 1.49. The Hall–Kier alpha value is -2.56. The van der Waals surface area contributed by atoms with Crippen LogP contribution in [0.5, 0.6) is 0 Å². The fraction of sp³-hybridized carbons (Fsp3) is 0.118. The lowest BCUT2D eigenvalue weighted by Gasteiger charge is -2.04. The minimum atomic E-state index is -0.232. The average molecular weight is 419 g/mol. The van der Waals surface area contributed by atoms with Crippen LogP contribution in [0.4, 0.5) is 10.8 Å². The highest BCUT2D eigenvalue weighted by atomic mass is 32.2. The molecule has 0 saturated carbocycles. The maximum absolute atomic E-state index is 12.0. The zero-order valence-electron chi connectivity index (χ0n) is 14.1. The van der Waals surface area contributed by atoms with E-state index in [1.54, 1.807) is 36.4 Å². The van der Waals surface area contributed by atoms with Crippen LogP contribution in [0, 0.1) is 0 Å². The molecule has 7 nitrogen and oxygen atoms in total. The molecule has 138 valence electrons. The van der Waals surface area contributed by atoms with Crippen molar-refractivity contribution in [1.29, 1.82) is 0 Å². The van der Waals surface area contributed by atoms with Crippen LogP contribution in [0.15, 0.2) is 46.1 Å². The topological polar surface area (TPSA) is 101 Å². The summed E-state index contributed by atoms with van der Waals surface area (Å²) in [4.78, 5) is 35.8. The molecule has 2 amide bonds. The zero-order valence-corrected chi connectivity index (χ0v) is 16.5. The molecular formula is C17H14N4O3S3. The van der Waals surface area contributed by atoms with Crippen molar-refractivity contribution in [2.45, 2.75) is 11.3 Å². The molecule has 0 saturated heterocycles. The molecular weight excluding hydrogens is 404 g/mol. The lowest BCUT2D eigenvalue weighted by atomic mass is 10.1. The van der Waals surface area contributed by atoms with Gasteiger partial charge in [0.25, 0.3) is 5.91 Å². The van der Waals surface area contributed by atoms with E-state index >= 15 is 0 Å². The Morgan fingerprint density at radius 1 is 1.07 bits per heavy atom.